The van der Waals surface area contributed by atoms with E-state index in [1.54, 1.807) is 0 Å². The largest absolute Gasteiger partial charge is 0.462 e. The van der Waals surface area contributed by atoms with E-state index in [0.717, 1.165) is 51.4 Å². The summed E-state index contributed by atoms with van der Waals surface area (Å²) in [5.41, 5.74) is 0. The van der Waals surface area contributed by atoms with E-state index in [4.69, 9.17) is 9.47 Å². The average molecular weight is 1040 g/mol. The molecule has 0 spiro atoms. The molecular formula is C69H128O5. The Hall–Kier alpha value is -2.14. The van der Waals surface area contributed by atoms with Crippen LogP contribution in [0.25, 0.3) is 0 Å². The molecule has 434 valence electrons. The number of allylic oxidation sites excluding steroid dienone is 8. The van der Waals surface area contributed by atoms with Crippen molar-refractivity contribution in [2.75, 3.05) is 13.2 Å². The number of hydrogen-bond acceptors (Lipinski definition) is 5. The van der Waals surface area contributed by atoms with E-state index in [1.165, 1.54) is 283 Å². The molecule has 0 radical (unpaired) electrons. The molecule has 0 aromatic rings. The van der Waals surface area contributed by atoms with E-state index in [0.29, 0.717) is 12.8 Å². The van der Waals surface area contributed by atoms with E-state index in [-0.39, 0.29) is 25.2 Å². The van der Waals surface area contributed by atoms with Crippen LogP contribution in [0, 0.1) is 0 Å². The lowest BCUT2D eigenvalue weighted by Crippen LogP contribution is -2.28. The molecule has 0 aromatic heterocycles. The van der Waals surface area contributed by atoms with Crippen LogP contribution in [0.2, 0.25) is 0 Å². The zero-order valence-electron chi connectivity index (χ0n) is 49.9. The van der Waals surface area contributed by atoms with Gasteiger partial charge in [0, 0.05) is 12.8 Å². The molecule has 5 heteroatoms. The molecule has 0 aliphatic carbocycles. The van der Waals surface area contributed by atoms with E-state index < -0.39 is 6.10 Å². The van der Waals surface area contributed by atoms with Gasteiger partial charge in [-0.3, -0.25) is 9.59 Å². The van der Waals surface area contributed by atoms with Crippen molar-refractivity contribution in [3.05, 3.63) is 48.6 Å². The highest BCUT2D eigenvalue weighted by Crippen LogP contribution is 2.18. The maximum absolute atomic E-state index is 12.4. The Kier molecular flexibility index (Phi) is 63.3. The summed E-state index contributed by atoms with van der Waals surface area (Å²) in [5.74, 6) is -0.571. The zero-order chi connectivity index (χ0) is 53.4. The van der Waals surface area contributed by atoms with E-state index in [1.807, 2.05) is 0 Å². The number of aliphatic hydroxyl groups excluding tert-OH is 1. The molecule has 0 saturated heterocycles. The minimum Gasteiger partial charge on any atom is -0.462 e. The molecular weight excluding hydrogens is 909 g/mol. The summed E-state index contributed by atoms with van der Waals surface area (Å²) < 4.78 is 10.8. The molecule has 0 aromatic carbocycles. The van der Waals surface area contributed by atoms with Crippen LogP contribution >= 0.6 is 0 Å². The fourth-order valence-corrected chi connectivity index (χ4v) is 10.1. The lowest BCUT2D eigenvalue weighted by Gasteiger charge is -2.15. The first-order valence-corrected chi connectivity index (χ1v) is 33.2. The Labute approximate surface area is 462 Å². The van der Waals surface area contributed by atoms with Crippen LogP contribution in [0.4, 0.5) is 0 Å². The number of aliphatic hydroxyl groups is 1. The molecule has 0 amide bonds. The number of hydrogen-bond donors (Lipinski definition) is 1. The van der Waals surface area contributed by atoms with Gasteiger partial charge in [0.05, 0.1) is 6.61 Å². The number of esters is 2. The van der Waals surface area contributed by atoms with Gasteiger partial charge in [0.1, 0.15) is 6.61 Å². The molecule has 1 unspecified atom stereocenters. The van der Waals surface area contributed by atoms with Crippen molar-refractivity contribution in [3.8, 4) is 0 Å². The quantitative estimate of drug-likeness (QED) is 0.0373. The highest BCUT2D eigenvalue weighted by molar-refractivity contribution is 5.70. The maximum atomic E-state index is 12.4. The average Bonchev–Trinajstić information content (AvgIpc) is 3.40. The van der Waals surface area contributed by atoms with Crippen molar-refractivity contribution in [2.45, 2.75) is 367 Å². The lowest BCUT2D eigenvalue weighted by molar-refractivity contribution is -0.161. The van der Waals surface area contributed by atoms with Gasteiger partial charge in [0.25, 0.3) is 0 Å². The first-order valence-electron chi connectivity index (χ1n) is 33.2. The van der Waals surface area contributed by atoms with Crippen molar-refractivity contribution in [3.63, 3.8) is 0 Å². The van der Waals surface area contributed by atoms with Crippen LogP contribution < -0.4 is 0 Å². The van der Waals surface area contributed by atoms with Crippen LogP contribution in [-0.4, -0.2) is 36.4 Å². The van der Waals surface area contributed by atoms with Gasteiger partial charge in [0.15, 0.2) is 6.10 Å². The van der Waals surface area contributed by atoms with Gasteiger partial charge in [-0.05, 0) is 77.0 Å². The van der Waals surface area contributed by atoms with Gasteiger partial charge in [-0.1, -0.05) is 319 Å². The Morgan fingerprint density at radius 1 is 0.311 bits per heavy atom. The molecule has 0 rings (SSSR count). The summed E-state index contributed by atoms with van der Waals surface area (Å²) in [4.78, 5) is 24.6. The second-order valence-electron chi connectivity index (χ2n) is 22.5. The van der Waals surface area contributed by atoms with Crippen LogP contribution in [0.3, 0.4) is 0 Å². The minimum absolute atomic E-state index is 0.0613. The number of carbonyl (C=O) groups is 2. The highest BCUT2D eigenvalue weighted by atomic mass is 16.6. The minimum atomic E-state index is -0.771. The van der Waals surface area contributed by atoms with Gasteiger partial charge in [-0.15, -0.1) is 0 Å². The fourth-order valence-electron chi connectivity index (χ4n) is 10.1. The van der Waals surface area contributed by atoms with Crippen molar-refractivity contribution in [2.24, 2.45) is 0 Å². The second kappa shape index (κ2) is 65.1. The highest BCUT2D eigenvalue weighted by Gasteiger charge is 2.16. The molecule has 0 saturated carbocycles. The van der Waals surface area contributed by atoms with Gasteiger partial charge >= 0.3 is 11.9 Å². The predicted molar refractivity (Wildman–Crippen MR) is 325 cm³/mol. The number of unbranched alkanes of at least 4 members (excludes halogenated alkanes) is 46. The second-order valence-corrected chi connectivity index (χ2v) is 22.5. The summed E-state index contributed by atoms with van der Waals surface area (Å²) in [6.45, 7) is 4.18. The fraction of sp³-hybridized carbons (Fsp3) is 0.855. The summed E-state index contributed by atoms with van der Waals surface area (Å²) >= 11 is 0. The number of rotatable bonds is 62. The maximum Gasteiger partial charge on any atom is 0.306 e. The SMILES string of the molecule is CCCCCCC/C=C\C/C=C\C/C=C\CCCCCCCCCCCCCCCCCCCCC(=O)OC(CO)COC(=O)CCCCCCCCCCCCCCCCC/C=C\CCCCCCCCCC. The number of ether oxygens (including phenoxy) is 2. The Balaban J connectivity index is 3.42. The summed E-state index contributed by atoms with van der Waals surface area (Å²) in [5, 5.41) is 9.69. The third kappa shape index (κ3) is 62.4. The summed E-state index contributed by atoms with van der Waals surface area (Å²) in [6, 6.07) is 0. The summed E-state index contributed by atoms with van der Waals surface area (Å²) in [6.07, 6.45) is 87.0. The normalized spacial score (nSPS) is 12.4. The van der Waals surface area contributed by atoms with Crippen molar-refractivity contribution >= 4 is 11.9 Å². The predicted octanol–water partition coefficient (Wildman–Crippen LogP) is 22.8. The van der Waals surface area contributed by atoms with Gasteiger partial charge in [-0.2, -0.15) is 0 Å². The van der Waals surface area contributed by atoms with E-state index in [9.17, 15) is 14.7 Å². The first kappa shape index (κ1) is 71.9. The van der Waals surface area contributed by atoms with Gasteiger partial charge in [0.2, 0.25) is 0 Å². The Bertz CT molecular complexity index is 1220. The van der Waals surface area contributed by atoms with Crippen LogP contribution in [0.5, 0.6) is 0 Å². The number of carbonyl (C=O) groups excluding carboxylic acids is 2. The molecule has 1 N–H and O–H groups in total. The van der Waals surface area contributed by atoms with Crippen LogP contribution in [-0.2, 0) is 19.1 Å². The third-order valence-corrected chi connectivity index (χ3v) is 15.1. The third-order valence-electron chi connectivity index (χ3n) is 15.1. The zero-order valence-corrected chi connectivity index (χ0v) is 49.9. The Morgan fingerprint density at radius 3 is 0.824 bits per heavy atom. The molecule has 0 heterocycles. The van der Waals surface area contributed by atoms with Crippen LogP contribution in [0.15, 0.2) is 48.6 Å². The molecule has 5 nitrogen and oxygen atoms in total. The molecule has 0 aliphatic rings. The topological polar surface area (TPSA) is 72.8 Å². The Morgan fingerprint density at radius 2 is 0.541 bits per heavy atom. The van der Waals surface area contributed by atoms with Crippen molar-refractivity contribution in [1.29, 1.82) is 0 Å². The smallest absolute Gasteiger partial charge is 0.306 e. The summed E-state index contributed by atoms with van der Waals surface area (Å²) in [7, 11) is 0. The molecule has 74 heavy (non-hydrogen) atoms. The first-order chi connectivity index (χ1) is 36.6. The van der Waals surface area contributed by atoms with Crippen molar-refractivity contribution < 1.29 is 24.2 Å². The lowest BCUT2D eigenvalue weighted by atomic mass is 10.0. The van der Waals surface area contributed by atoms with Crippen LogP contribution in [0.1, 0.15) is 361 Å². The van der Waals surface area contributed by atoms with Gasteiger partial charge < -0.3 is 14.6 Å². The van der Waals surface area contributed by atoms with E-state index >= 15 is 0 Å². The standard InChI is InChI=1S/C69H128O5/c1-3-5-7-9-11-13-15-17-19-21-23-25-27-29-31-32-33-34-35-36-38-40-42-44-46-48-50-52-54-56-58-60-62-64-69(72)74-67(65-70)66-73-68(71)63-61-59-57-55-53-51-49-47-45-43-41-39-37-30-28-26-24-22-20-18-16-14-12-10-8-6-4-2/h15,17,21-24,27,29,67,70H,3-14,16,18-20,25-26,28,30-66H2,1-2H3/b17-15-,23-21-,24-22-,29-27-. The van der Waals surface area contributed by atoms with E-state index in [2.05, 4.69) is 62.5 Å². The van der Waals surface area contributed by atoms with Crippen molar-refractivity contribution in [1.82, 2.24) is 0 Å². The molecule has 1 atom stereocenters. The molecule has 0 bridgehead atoms. The monoisotopic (exact) mass is 1040 g/mol. The van der Waals surface area contributed by atoms with Gasteiger partial charge in [-0.25, -0.2) is 0 Å². The molecule has 0 aliphatic heterocycles. The molecule has 0 fully saturated rings.